The Bertz CT molecular complexity index is 713. The van der Waals surface area contributed by atoms with E-state index in [1.807, 2.05) is 6.08 Å². The molecule has 2 N–H and O–H groups in total. The Balaban J connectivity index is 2.03. The van der Waals surface area contributed by atoms with Crippen LogP contribution in [0.3, 0.4) is 0 Å². The summed E-state index contributed by atoms with van der Waals surface area (Å²) in [6, 6.07) is 3.21. The highest BCUT2D eigenvalue weighted by atomic mass is 16.4. The third-order valence-corrected chi connectivity index (χ3v) is 4.77. The van der Waals surface area contributed by atoms with E-state index in [4.69, 9.17) is 0 Å². The second kappa shape index (κ2) is 3.60. The quantitative estimate of drug-likeness (QED) is 0.808. The van der Waals surface area contributed by atoms with Crippen LogP contribution < -0.4 is 0 Å². The Labute approximate surface area is 115 Å². The molecule has 0 radical (unpaired) electrons. The first-order valence-corrected chi connectivity index (χ1v) is 6.59. The Morgan fingerprint density at radius 3 is 2.25 bits per heavy atom. The zero-order valence-electron chi connectivity index (χ0n) is 10.5. The number of hydrogen-bond acceptors (Lipinski definition) is 2. The van der Waals surface area contributed by atoms with Crippen molar-refractivity contribution in [2.45, 2.75) is 11.8 Å². The SMILES string of the molecule is O=C(O)c1ccc2c(c1C(=O)O)C1C=CC3C=CC2[C@H]31. The van der Waals surface area contributed by atoms with Gasteiger partial charge in [-0.15, -0.1) is 0 Å². The fourth-order valence-electron chi connectivity index (χ4n) is 4.07. The molecule has 4 atom stereocenters. The van der Waals surface area contributed by atoms with Crippen molar-refractivity contribution in [1.29, 1.82) is 0 Å². The fourth-order valence-corrected chi connectivity index (χ4v) is 4.07. The Hall–Kier alpha value is -2.36. The molecule has 0 saturated carbocycles. The molecule has 0 fully saturated rings. The molecule has 0 saturated heterocycles. The lowest BCUT2D eigenvalue weighted by Gasteiger charge is -2.15. The van der Waals surface area contributed by atoms with Gasteiger partial charge in [0, 0.05) is 11.8 Å². The summed E-state index contributed by atoms with van der Waals surface area (Å²) < 4.78 is 0. The van der Waals surface area contributed by atoms with Crippen LogP contribution in [-0.4, -0.2) is 22.2 Å². The molecule has 3 aliphatic carbocycles. The summed E-state index contributed by atoms with van der Waals surface area (Å²) in [4.78, 5) is 22.9. The third-order valence-electron chi connectivity index (χ3n) is 4.77. The number of hydrogen-bond donors (Lipinski definition) is 2. The molecule has 3 aliphatic rings. The summed E-state index contributed by atoms with van der Waals surface area (Å²) in [6.07, 6.45) is 8.44. The Morgan fingerprint density at radius 1 is 0.900 bits per heavy atom. The molecule has 4 nitrogen and oxygen atoms in total. The molecular formula is C16H12O4. The molecule has 0 amide bonds. The molecule has 1 aromatic rings. The van der Waals surface area contributed by atoms with Gasteiger partial charge in [-0.1, -0.05) is 30.4 Å². The lowest BCUT2D eigenvalue weighted by atomic mass is 9.87. The minimum Gasteiger partial charge on any atom is -0.478 e. The van der Waals surface area contributed by atoms with Crippen LogP contribution in [0.2, 0.25) is 0 Å². The van der Waals surface area contributed by atoms with E-state index in [2.05, 4.69) is 18.2 Å². The van der Waals surface area contributed by atoms with E-state index in [0.717, 1.165) is 5.56 Å². The van der Waals surface area contributed by atoms with E-state index in [9.17, 15) is 19.8 Å². The van der Waals surface area contributed by atoms with Gasteiger partial charge >= 0.3 is 11.9 Å². The number of aromatic carboxylic acids is 2. The fraction of sp³-hybridized carbons (Fsp3) is 0.250. The second-order valence-corrected chi connectivity index (χ2v) is 5.58. The van der Waals surface area contributed by atoms with Crippen molar-refractivity contribution in [2.24, 2.45) is 11.8 Å². The Morgan fingerprint density at radius 2 is 1.60 bits per heavy atom. The number of benzene rings is 1. The molecule has 100 valence electrons. The lowest BCUT2D eigenvalue weighted by molar-refractivity contribution is 0.0650. The van der Waals surface area contributed by atoms with Gasteiger partial charge in [0.15, 0.2) is 0 Å². The Kier molecular flexibility index (Phi) is 2.06. The van der Waals surface area contributed by atoms with Gasteiger partial charge < -0.3 is 10.2 Å². The van der Waals surface area contributed by atoms with Crippen LogP contribution in [0.25, 0.3) is 0 Å². The minimum atomic E-state index is -1.18. The molecule has 4 heteroatoms. The van der Waals surface area contributed by atoms with E-state index in [1.165, 1.54) is 6.07 Å². The normalized spacial score (nSPS) is 31.4. The average molecular weight is 268 g/mol. The molecule has 0 spiro atoms. The number of carbonyl (C=O) groups is 2. The molecular weight excluding hydrogens is 256 g/mol. The standard InChI is InChI=1S/C16H12O4/c17-15(18)11-6-5-9-8-3-1-7-2-4-10(12(7)8)13(9)14(11)16(19)20/h1-8,10,12H,(H,17,18)(H,19,20)/t7?,8?,10?,12-/m0/s1. The van der Waals surface area contributed by atoms with Crippen LogP contribution >= 0.6 is 0 Å². The van der Waals surface area contributed by atoms with E-state index in [0.29, 0.717) is 17.4 Å². The lowest BCUT2D eigenvalue weighted by Crippen LogP contribution is -2.13. The van der Waals surface area contributed by atoms with Crippen molar-refractivity contribution in [3.05, 3.63) is 58.7 Å². The summed E-state index contributed by atoms with van der Waals surface area (Å²) in [7, 11) is 0. The second-order valence-electron chi connectivity index (χ2n) is 5.58. The zero-order chi connectivity index (χ0) is 14.0. The first-order chi connectivity index (χ1) is 9.59. The number of carboxylic acid groups (broad SMARTS) is 2. The van der Waals surface area contributed by atoms with E-state index >= 15 is 0 Å². The maximum Gasteiger partial charge on any atom is 0.336 e. The maximum absolute atomic E-state index is 11.6. The largest absolute Gasteiger partial charge is 0.478 e. The molecule has 4 rings (SSSR count). The van der Waals surface area contributed by atoms with Crippen LogP contribution in [0.15, 0.2) is 36.4 Å². The summed E-state index contributed by atoms with van der Waals surface area (Å²) in [5.41, 5.74) is 1.53. The van der Waals surface area contributed by atoms with Gasteiger partial charge in [-0.25, -0.2) is 9.59 Å². The predicted molar refractivity (Wildman–Crippen MR) is 71.1 cm³/mol. The van der Waals surface area contributed by atoms with Crippen molar-refractivity contribution in [3.63, 3.8) is 0 Å². The van der Waals surface area contributed by atoms with Crippen molar-refractivity contribution in [2.75, 3.05) is 0 Å². The minimum absolute atomic E-state index is 0.0281. The van der Waals surface area contributed by atoms with Gasteiger partial charge in [0.25, 0.3) is 0 Å². The van der Waals surface area contributed by atoms with Gasteiger partial charge in [0.2, 0.25) is 0 Å². The molecule has 0 aromatic heterocycles. The van der Waals surface area contributed by atoms with Crippen LogP contribution in [0.4, 0.5) is 0 Å². The van der Waals surface area contributed by atoms with Gasteiger partial charge in [0.05, 0.1) is 11.1 Å². The van der Waals surface area contributed by atoms with Gasteiger partial charge in [-0.05, 0) is 29.0 Å². The van der Waals surface area contributed by atoms with Crippen molar-refractivity contribution >= 4 is 11.9 Å². The first-order valence-electron chi connectivity index (χ1n) is 6.59. The van der Waals surface area contributed by atoms with Crippen LogP contribution in [0.1, 0.15) is 43.7 Å². The first kappa shape index (κ1) is 11.5. The monoisotopic (exact) mass is 268 g/mol. The highest BCUT2D eigenvalue weighted by Gasteiger charge is 2.49. The highest BCUT2D eigenvalue weighted by molar-refractivity contribution is 6.03. The van der Waals surface area contributed by atoms with Gasteiger partial charge in [-0.3, -0.25) is 0 Å². The maximum atomic E-state index is 11.6. The number of fused-ring (bicyclic) bond motifs is 3. The van der Waals surface area contributed by atoms with Gasteiger partial charge in [0.1, 0.15) is 0 Å². The topological polar surface area (TPSA) is 74.6 Å². The van der Waals surface area contributed by atoms with Crippen molar-refractivity contribution in [3.8, 4) is 0 Å². The van der Waals surface area contributed by atoms with Crippen molar-refractivity contribution < 1.29 is 19.8 Å². The molecule has 20 heavy (non-hydrogen) atoms. The van der Waals surface area contributed by atoms with Crippen LogP contribution in [0.5, 0.6) is 0 Å². The molecule has 1 aromatic carbocycles. The van der Waals surface area contributed by atoms with E-state index < -0.39 is 11.9 Å². The number of carboxylic acids is 2. The van der Waals surface area contributed by atoms with Crippen LogP contribution in [-0.2, 0) is 0 Å². The summed E-state index contributed by atoms with van der Waals surface area (Å²) in [5, 5.41) is 18.7. The zero-order valence-corrected chi connectivity index (χ0v) is 10.5. The number of rotatable bonds is 2. The molecule has 0 bridgehead atoms. The molecule has 0 aliphatic heterocycles. The summed E-state index contributed by atoms with van der Waals surface area (Å²) in [5.74, 6) is -1.40. The highest BCUT2D eigenvalue weighted by Crippen LogP contribution is 2.59. The molecule has 3 unspecified atom stereocenters. The van der Waals surface area contributed by atoms with Crippen LogP contribution in [0, 0.1) is 11.8 Å². The molecule has 0 heterocycles. The predicted octanol–water partition coefficient (Wildman–Crippen LogP) is 2.64. The van der Waals surface area contributed by atoms with Crippen molar-refractivity contribution in [1.82, 2.24) is 0 Å². The summed E-state index contributed by atoms with van der Waals surface area (Å²) in [6.45, 7) is 0. The number of allylic oxidation sites excluding steroid dienone is 4. The third kappa shape index (κ3) is 1.21. The summed E-state index contributed by atoms with van der Waals surface area (Å²) >= 11 is 0. The smallest absolute Gasteiger partial charge is 0.336 e. The van der Waals surface area contributed by atoms with Gasteiger partial charge in [-0.2, -0.15) is 0 Å². The van der Waals surface area contributed by atoms with E-state index in [1.54, 1.807) is 6.07 Å². The van der Waals surface area contributed by atoms with E-state index in [-0.39, 0.29) is 23.0 Å². The average Bonchev–Trinajstić information content (AvgIpc) is 3.05.